The van der Waals surface area contributed by atoms with Gasteiger partial charge >= 0.3 is 0 Å². The molecule has 0 aromatic carbocycles. The van der Waals surface area contributed by atoms with E-state index in [-0.39, 0.29) is 12.7 Å². The molecule has 0 radical (unpaired) electrons. The third-order valence-electron chi connectivity index (χ3n) is 1.01. The van der Waals surface area contributed by atoms with Crippen LogP contribution in [0.5, 0.6) is 0 Å². The fraction of sp³-hybridized carbons (Fsp3) is 0.714. The van der Waals surface area contributed by atoms with Crippen molar-refractivity contribution in [3.05, 3.63) is 0 Å². The third-order valence-corrected chi connectivity index (χ3v) is 1.01. The monoisotopic (exact) mass is 128 g/mol. The van der Waals surface area contributed by atoms with Crippen LogP contribution in [0.15, 0.2) is 0 Å². The minimum atomic E-state index is -0.330. The van der Waals surface area contributed by atoms with Crippen molar-refractivity contribution in [2.45, 2.75) is 25.9 Å². The van der Waals surface area contributed by atoms with Gasteiger partial charge in [-0.15, -0.1) is 0 Å². The Labute approximate surface area is 55.5 Å². The Morgan fingerprint density at radius 3 is 2.56 bits per heavy atom. The minimum Gasteiger partial charge on any atom is -0.392 e. The molecule has 0 spiro atoms. The van der Waals surface area contributed by atoms with Crippen molar-refractivity contribution in [1.82, 2.24) is 0 Å². The van der Waals surface area contributed by atoms with E-state index in [9.17, 15) is 0 Å². The molecule has 1 unspecified atom stereocenters. The molecule has 0 aliphatic heterocycles. The van der Waals surface area contributed by atoms with Crippen molar-refractivity contribution < 1.29 is 10.2 Å². The topological polar surface area (TPSA) is 40.5 Å². The standard InChI is InChI=1S/C7H12O2/c1-2-7(9)5-3-4-6-8/h7-9H,2,5-6H2,1H3. The van der Waals surface area contributed by atoms with Crippen LogP contribution in [0.4, 0.5) is 0 Å². The summed E-state index contributed by atoms with van der Waals surface area (Å²) in [6.45, 7) is 1.78. The van der Waals surface area contributed by atoms with Gasteiger partial charge in [0.05, 0.1) is 6.10 Å². The van der Waals surface area contributed by atoms with E-state index in [2.05, 4.69) is 11.8 Å². The molecule has 0 aromatic rings. The lowest BCUT2D eigenvalue weighted by atomic mass is 10.2. The van der Waals surface area contributed by atoms with Crippen LogP contribution < -0.4 is 0 Å². The van der Waals surface area contributed by atoms with Gasteiger partial charge in [0.2, 0.25) is 0 Å². The maximum absolute atomic E-state index is 8.90. The van der Waals surface area contributed by atoms with E-state index in [0.29, 0.717) is 6.42 Å². The Balaban J connectivity index is 3.25. The molecule has 0 fully saturated rings. The molecule has 0 saturated heterocycles. The quantitative estimate of drug-likeness (QED) is 0.519. The summed E-state index contributed by atoms with van der Waals surface area (Å²) >= 11 is 0. The van der Waals surface area contributed by atoms with Gasteiger partial charge in [-0.3, -0.25) is 0 Å². The van der Waals surface area contributed by atoms with Crippen LogP contribution in [0.2, 0.25) is 0 Å². The molecule has 1 atom stereocenters. The Morgan fingerprint density at radius 1 is 1.44 bits per heavy atom. The molecule has 0 heterocycles. The highest BCUT2D eigenvalue weighted by Crippen LogP contribution is 1.92. The second-order valence-corrected chi connectivity index (χ2v) is 1.78. The van der Waals surface area contributed by atoms with Crippen LogP contribution in [-0.2, 0) is 0 Å². The van der Waals surface area contributed by atoms with Crippen LogP contribution in [0.3, 0.4) is 0 Å². The van der Waals surface area contributed by atoms with Crippen LogP contribution >= 0.6 is 0 Å². The molecule has 0 bridgehead atoms. The highest BCUT2D eigenvalue weighted by atomic mass is 16.3. The zero-order valence-corrected chi connectivity index (χ0v) is 5.59. The summed E-state index contributed by atoms with van der Waals surface area (Å²) < 4.78 is 0. The lowest BCUT2D eigenvalue weighted by Crippen LogP contribution is -2.01. The van der Waals surface area contributed by atoms with Gasteiger partial charge in [0.25, 0.3) is 0 Å². The molecule has 9 heavy (non-hydrogen) atoms. The van der Waals surface area contributed by atoms with E-state index in [0.717, 1.165) is 6.42 Å². The molecule has 0 aromatic heterocycles. The van der Waals surface area contributed by atoms with Crippen molar-refractivity contribution in [2.24, 2.45) is 0 Å². The smallest absolute Gasteiger partial charge is 0.104 e. The lowest BCUT2D eigenvalue weighted by Gasteiger charge is -1.98. The number of aliphatic hydroxyl groups is 2. The third kappa shape index (κ3) is 5.35. The van der Waals surface area contributed by atoms with E-state index in [1.54, 1.807) is 0 Å². The maximum Gasteiger partial charge on any atom is 0.104 e. The summed E-state index contributed by atoms with van der Waals surface area (Å²) in [5.41, 5.74) is 0. The predicted octanol–water partition coefficient (Wildman–Crippen LogP) is 0.143. The molecule has 0 aliphatic rings. The Bertz CT molecular complexity index is 110. The van der Waals surface area contributed by atoms with Crippen molar-refractivity contribution >= 4 is 0 Å². The molecule has 2 nitrogen and oxygen atoms in total. The zero-order chi connectivity index (χ0) is 7.11. The summed E-state index contributed by atoms with van der Waals surface area (Å²) in [6.07, 6.45) is 0.862. The largest absolute Gasteiger partial charge is 0.392 e. The van der Waals surface area contributed by atoms with Crippen molar-refractivity contribution in [3.8, 4) is 11.8 Å². The van der Waals surface area contributed by atoms with Gasteiger partial charge in [-0.05, 0) is 6.42 Å². The van der Waals surface area contributed by atoms with Gasteiger partial charge in [0, 0.05) is 6.42 Å². The lowest BCUT2D eigenvalue weighted by molar-refractivity contribution is 0.176. The second kappa shape index (κ2) is 5.61. The van der Waals surface area contributed by atoms with Crippen molar-refractivity contribution in [2.75, 3.05) is 6.61 Å². The normalized spacial score (nSPS) is 11.9. The maximum atomic E-state index is 8.90. The number of hydrogen-bond acceptors (Lipinski definition) is 2. The fourth-order valence-corrected chi connectivity index (χ4v) is 0.390. The summed E-state index contributed by atoms with van der Waals surface area (Å²) in [4.78, 5) is 0. The second-order valence-electron chi connectivity index (χ2n) is 1.78. The summed E-state index contributed by atoms with van der Waals surface area (Å²) in [6, 6.07) is 0. The number of hydrogen-bond donors (Lipinski definition) is 2. The first kappa shape index (κ1) is 8.48. The van der Waals surface area contributed by atoms with Crippen molar-refractivity contribution in [3.63, 3.8) is 0 Å². The average Bonchev–Trinajstić information content (AvgIpc) is 1.89. The molecular formula is C7H12O2. The van der Waals surface area contributed by atoms with Gasteiger partial charge < -0.3 is 10.2 Å². The van der Waals surface area contributed by atoms with Crippen LogP contribution in [0, 0.1) is 11.8 Å². The summed E-state index contributed by atoms with van der Waals surface area (Å²) in [5.74, 6) is 5.09. The molecule has 0 amide bonds. The van der Waals surface area contributed by atoms with Crippen LogP contribution in [0.25, 0.3) is 0 Å². The number of aliphatic hydroxyl groups excluding tert-OH is 2. The first-order valence-corrected chi connectivity index (χ1v) is 3.06. The fourth-order valence-electron chi connectivity index (χ4n) is 0.390. The molecule has 0 saturated carbocycles. The molecule has 52 valence electrons. The molecular weight excluding hydrogens is 116 g/mol. The van der Waals surface area contributed by atoms with E-state index < -0.39 is 0 Å². The predicted molar refractivity (Wildman–Crippen MR) is 35.8 cm³/mol. The van der Waals surface area contributed by atoms with E-state index >= 15 is 0 Å². The molecule has 0 aliphatic carbocycles. The average molecular weight is 128 g/mol. The first-order chi connectivity index (χ1) is 4.31. The Kier molecular flexibility index (Phi) is 5.29. The van der Waals surface area contributed by atoms with Gasteiger partial charge in [-0.25, -0.2) is 0 Å². The zero-order valence-electron chi connectivity index (χ0n) is 5.59. The summed E-state index contributed by atoms with van der Waals surface area (Å²) in [5, 5.41) is 17.1. The van der Waals surface area contributed by atoms with Crippen LogP contribution in [0.1, 0.15) is 19.8 Å². The molecule has 2 heteroatoms. The molecule has 2 N–H and O–H groups in total. The minimum absolute atomic E-state index is 0.115. The van der Waals surface area contributed by atoms with E-state index in [1.807, 2.05) is 6.92 Å². The Morgan fingerprint density at radius 2 is 2.11 bits per heavy atom. The van der Waals surface area contributed by atoms with Gasteiger partial charge in [-0.1, -0.05) is 18.8 Å². The number of rotatable bonds is 2. The highest BCUT2D eigenvalue weighted by Gasteiger charge is 1.93. The van der Waals surface area contributed by atoms with Crippen molar-refractivity contribution in [1.29, 1.82) is 0 Å². The van der Waals surface area contributed by atoms with E-state index in [1.165, 1.54) is 0 Å². The van der Waals surface area contributed by atoms with Gasteiger partial charge in [-0.2, -0.15) is 0 Å². The highest BCUT2D eigenvalue weighted by molar-refractivity contribution is 4.99. The van der Waals surface area contributed by atoms with Gasteiger partial charge in [0.15, 0.2) is 0 Å². The van der Waals surface area contributed by atoms with Gasteiger partial charge in [0.1, 0.15) is 6.61 Å². The molecule has 0 rings (SSSR count). The first-order valence-electron chi connectivity index (χ1n) is 3.06. The van der Waals surface area contributed by atoms with E-state index in [4.69, 9.17) is 10.2 Å². The summed E-state index contributed by atoms with van der Waals surface area (Å²) in [7, 11) is 0. The SMILES string of the molecule is CCC(O)CC#CCO. The Hall–Kier alpha value is -0.520. The van der Waals surface area contributed by atoms with Crippen LogP contribution in [-0.4, -0.2) is 22.9 Å².